The SMILES string of the molecule is Cc1cc(C(F)F)cnc1C(=O)Nc1ccc(F)c([C@]2(C)COC(CF)(CF)C(N)=N2)c1. The number of amidine groups is 1. The number of benzene rings is 1. The van der Waals surface area contributed by atoms with Crippen LogP contribution in [-0.2, 0) is 10.3 Å². The highest BCUT2D eigenvalue weighted by Crippen LogP contribution is 2.36. The normalized spacial score (nSPS) is 20.2. The van der Waals surface area contributed by atoms with Gasteiger partial charge in [-0.15, -0.1) is 0 Å². The van der Waals surface area contributed by atoms with Gasteiger partial charge in [0, 0.05) is 23.0 Å². The van der Waals surface area contributed by atoms with Crippen molar-refractivity contribution < 1.29 is 31.5 Å². The van der Waals surface area contributed by atoms with Gasteiger partial charge in [-0.2, -0.15) is 0 Å². The smallest absolute Gasteiger partial charge is 0.274 e. The minimum Gasteiger partial charge on any atom is -0.385 e. The number of halogens is 5. The molecule has 1 aromatic heterocycles. The van der Waals surface area contributed by atoms with Gasteiger partial charge in [-0.3, -0.25) is 14.8 Å². The molecule has 2 heterocycles. The molecule has 6 nitrogen and oxygen atoms in total. The number of aliphatic imine (C=N–C) groups is 1. The van der Waals surface area contributed by atoms with E-state index >= 15 is 0 Å². The van der Waals surface area contributed by atoms with Crippen molar-refractivity contribution in [1.82, 2.24) is 4.98 Å². The minimum absolute atomic E-state index is 0.0257. The Morgan fingerprint density at radius 1 is 1.28 bits per heavy atom. The predicted molar refractivity (Wildman–Crippen MR) is 108 cm³/mol. The quantitative estimate of drug-likeness (QED) is 0.643. The standard InChI is InChI=1S/C21H21F5N4O2/c1-11-5-12(17(25)26)7-28-16(11)18(31)29-13-3-4-15(24)14(6-13)20(2)10-32-21(8-22,9-23)19(27)30-20/h3-7,17H,8-10H2,1-2H3,(H2,27,30)(H,29,31)/t20-/m0/s1. The maximum absolute atomic E-state index is 14.6. The Morgan fingerprint density at radius 2 is 1.97 bits per heavy atom. The Morgan fingerprint density at radius 3 is 2.53 bits per heavy atom. The van der Waals surface area contributed by atoms with Crippen LogP contribution in [0.3, 0.4) is 0 Å². The zero-order valence-electron chi connectivity index (χ0n) is 17.3. The van der Waals surface area contributed by atoms with Gasteiger partial charge in [0.2, 0.25) is 0 Å². The van der Waals surface area contributed by atoms with E-state index in [1.54, 1.807) is 0 Å². The van der Waals surface area contributed by atoms with E-state index in [-0.39, 0.29) is 34.7 Å². The van der Waals surface area contributed by atoms with Crippen LogP contribution in [0.4, 0.5) is 27.6 Å². The fourth-order valence-corrected chi connectivity index (χ4v) is 3.30. The molecule has 1 aliphatic rings. The molecule has 1 atom stereocenters. The lowest BCUT2D eigenvalue weighted by atomic mass is 9.89. The number of nitrogens with two attached hydrogens (primary N) is 1. The maximum atomic E-state index is 14.6. The van der Waals surface area contributed by atoms with Gasteiger partial charge in [-0.1, -0.05) is 0 Å². The first kappa shape index (κ1) is 23.6. The molecule has 0 saturated heterocycles. The van der Waals surface area contributed by atoms with E-state index in [9.17, 15) is 26.7 Å². The average molecular weight is 456 g/mol. The number of nitrogens with zero attached hydrogens (tertiary/aromatic N) is 2. The van der Waals surface area contributed by atoms with E-state index in [1.165, 1.54) is 26.0 Å². The Bertz CT molecular complexity index is 1060. The molecule has 0 saturated carbocycles. The Labute approximate surface area is 180 Å². The first-order chi connectivity index (χ1) is 15.0. The number of anilines is 1. The fourth-order valence-electron chi connectivity index (χ4n) is 3.30. The monoisotopic (exact) mass is 456 g/mol. The molecule has 1 aromatic carbocycles. The molecule has 0 aliphatic carbocycles. The topological polar surface area (TPSA) is 89.6 Å². The number of alkyl halides is 4. The lowest BCUT2D eigenvalue weighted by Crippen LogP contribution is -2.56. The van der Waals surface area contributed by atoms with E-state index in [0.29, 0.717) is 0 Å². The van der Waals surface area contributed by atoms with Crippen LogP contribution >= 0.6 is 0 Å². The third kappa shape index (κ3) is 4.29. The van der Waals surface area contributed by atoms with Crippen LogP contribution in [0.15, 0.2) is 35.5 Å². The highest BCUT2D eigenvalue weighted by molar-refractivity contribution is 6.03. The van der Waals surface area contributed by atoms with Crippen molar-refractivity contribution in [1.29, 1.82) is 0 Å². The molecular weight excluding hydrogens is 435 g/mol. The molecule has 32 heavy (non-hydrogen) atoms. The number of nitrogens with one attached hydrogen (secondary N) is 1. The van der Waals surface area contributed by atoms with Crippen molar-refractivity contribution in [2.24, 2.45) is 10.7 Å². The lowest BCUT2D eigenvalue weighted by Gasteiger charge is -2.39. The summed E-state index contributed by atoms with van der Waals surface area (Å²) in [4.78, 5) is 20.5. The van der Waals surface area contributed by atoms with Crippen LogP contribution in [0.5, 0.6) is 0 Å². The van der Waals surface area contributed by atoms with Gasteiger partial charge in [0.05, 0.1) is 6.61 Å². The van der Waals surface area contributed by atoms with Gasteiger partial charge in [0.1, 0.15) is 36.2 Å². The zero-order chi connectivity index (χ0) is 23.7. The number of aromatic nitrogens is 1. The number of rotatable bonds is 6. The molecule has 0 radical (unpaired) electrons. The number of hydrogen-bond donors (Lipinski definition) is 2. The van der Waals surface area contributed by atoms with Gasteiger partial charge in [0.25, 0.3) is 12.3 Å². The summed E-state index contributed by atoms with van der Waals surface area (Å²) in [6.45, 7) is 0.114. The van der Waals surface area contributed by atoms with Gasteiger partial charge in [-0.25, -0.2) is 22.0 Å². The first-order valence-electron chi connectivity index (χ1n) is 9.53. The third-order valence-electron chi connectivity index (χ3n) is 5.27. The van der Waals surface area contributed by atoms with Crippen molar-refractivity contribution in [2.75, 3.05) is 25.3 Å². The molecule has 0 unspecified atom stereocenters. The molecule has 11 heteroatoms. The van der Waals surface area contributed by atoms with E-state index in [0.717, 1.165) is 18.3 Å². The van der Waals surface area contributed by atoms with Crippen molar-refractivity contribution in [3.63, 3.8) is 0 Å². The number of pyridine rings is 1. The molecule has 0 spiro atoms. The van der Waals surface area contributed by atoms with Gasteiger partial charge >= 0.3 is 0 Å². The van der Waals surface area contributed by atoms with Crippen LogP contribution in [-0.4, -0.2) is 42.3 Å². The largest absolute Gasteiger partial charge is 0.385 e. The van der Waals surface area contributed by atoms with Crippen molar-refractivity contribution >= 4 is 17.4 Å². The molecule has 3 rings (SSSR count). The summed E-state index contributed by atoms with van der Waals surface area (Å²) in [5.41, 5.74) is 2.30. The van der Waals surface area contributed by atoms with Crippen LogP contribution < -0.4 is 11.1 Å². The molecule has 0 fully saturated rings. The number of aryl methyl sites for hydroxylation is 1. The second-order valence-electron chi connectivity index (χ2n) is 7.70. The number of carbonyl (C=O) groups excluding carboxylic acids is 1. The number of carbonyl (C=O) groups is 1. The van der Waals surface area contributed by atoms with Crippen LogP contribution in [0.2, 0.25) is 0 Å². The van der Waals surface area contributed by atoms with Crippen LogP contribution in [0.1, 0.15) is 40.5 Å². The molecule has 172 valence electrons. The van der Waals surface area contributed by atoms with Crippen LogP contribution in [0, 0.1) is 12.7 Å². The number of hydrogen-bond acceptors (Lipinski definition) is 5. The van der Waals surface area contributed by atoms with Gasteiger partial charge in [-0.05, 0) is 43.7 Å². The Kier molecular flexibility index (Phi) is 6.49. The molecule has 3 N–H and O–H groups in total. The van der Waals surface area contributed by atoms with Crippen molar-refractivity contribution in [2.45, 2.75) is 31.4 Å². The second-order valence-corrected chi connectivity index (χ2v) is 7.70. The van der Waals surface area contributed by atoms with E-state index < -0.39 is 48.5 Å². The Balaban J connectivity index is 1.90. The van der Waals surface area contributed by atoms with E-state index in [2.05, 4.69) is 15.3 Å². The van der Waals surface area contributed by atoms with Crippen LogP contribution in [0.25, 0.3) is 0 Å². The summed E-state index contributed by atoms with van der Waals surface area (Å²) in [6.07, 6.45) is -1.82. The predicted octanol–water partition coefficient (Wildman–Crippen LogP) is 4.00. The zero-order valence-corrected chi connectivity index (χ0v) is 17.3. The average Bonchev–Trinajstić information content (AvgIpc) is 2.75. The molecule has 0 bridgehead atoms. The highest BCUT2D eigenvalue weighted by atomic mass is 19.3. The molecule has 2 aromatic rings. The molecule has 1 aliphatic heterocycles. The molecule has 1 amide bonds. The number of ether oxygens (including phenoxy) is 1. The summed E-state index contributed by atoms with van der Waals surface area (Å²) >= 11 is 0. The summed E-state index contributed by atoms with van der Waals surface area (Å²) in [6, 6.07) is 4.80. The third-order valence-corrected chi connectivity index (χ3v) is 5.27. The second kappa shape index (κ2) is 8.81. The Hall–Kier alpha value is -3.08. The summed E-state index contributed by atoms with van der Waals surface area (Å²) in [5.74, 6) is -1.83. The van der Waals surface area contributed by atoms with Gasteiger partial charge < -0.3 is 15.8 Å². The summed E-state index contributed by atoms with van der Waals surface area (Å²) in [7, 11) is 0. The summed E-state index contributed by atoms with van der Waals surface area (Å²) in [5, 5.41) is 2.53. The summed E-state index contributed by atoms with van der Waals surface area (Å²) < 4.78 is 72.1. The van der Waals surface area contributed by atoms with Gasteiger partial charge in [0.15, 0.2) is 5.60 Å². The van der Waals surface area contributed by atoms with E-state index in [4.69, 9.17) is 10.5 Å². The fraction of sp³-hybridized carbons (Fsp3) is 0.381. The molecular formula is C21H21F5N4O2. The minimum atomic E-state index is -2.72. The van der Waals surface area contributed by atoms with Crippen molar-refractivity contribution in [3.8, 4) is 0 Å². The maximum Gasteiger partial charge on any atom is 0.274 e. The highest BCUT2D eigenvalue weighted by Gasteiger charge is 2.45. The van der Waals surface area contributed by atoms with E-state index in [1.807, 2.05) is 0 Å². The van der Waals surface area contributed by atoms with Crippen molar-refractivity contribution in [3.05, 3.63) is 58.7 Å². The first-order valence-corrected chi connectivity index (χ1v) is 9.53. The lowest BCUT2D eigenvalue weighted by molar-refractivity contribution is -0.0575. The number of amides is 1.